The lowest BCUT2D eigenvalue weighted by Crippen LogP contribution is -2.29. The second kappa shape index (κ2) is 9.73. The van der Waals surface area contributed by atoms with Crippen LogP contribution in [0.15, 0.2) is 36.5 Å². The molecule has 176 valence electrons. The zero-order chi connectivity index (χ0) is 24.3. The van der Waals surface area contributed by atoms with Gasteiger partial charge in [-0.3, -0.25) is 9.59 Å². The van der Waals surface area contributed by atoms with Crippen LogP contribution in [0.2, 0.25) is 0 Å². The molecule has 2 heterocycles. The first-order chi connectivity index (χ1) is 15.5. The molecule has 3 aromatic rings. The van der Waals surface area contributed by atoms with Gasteiger partial charge < -0.3 is 9.64 Å². The normalized spacial score (nSPS) is 11.8. The first-order valence-corrected chi connectivity index (χ1v) is 11.4. The fraction of sp³-hybridized carbons (Fsp3) is 0.462. The number of hydrogen-bond donors (Lipinski definition) is 0. The molecule has 33 heavy (non-hydrogen) atoms. The standard InChI is InChI=1S/C26H34N4O3/c1-17(2)30-24-21(16-27-30)20(15-22(28-24)19-12-9-8-11-18(19)3)25(32)29(7)14-10-13-23(31)33-26(4,5)6/h8-9,11-12,15-17H,10,13-14H2,1-7H3. The van der Waals surface area contributed by atoms with Crippen LogP contribution in [-0.4, -0.2) is 50.7 Å². The Balaban J connectivity index is 1.90. The molecule has 0 fully saturated rings. The van der Waals surface area contributed by atoms with E-state index in [-0.39, 0.29) is 24.3 Å². The van der Waals surface area contributed by atoms with Crippen LogP contribution < -0.4 is 0 Å². The lowest BCUT2D eigenvalue weighted by Gasteiger charge is -2.21. The maximum absolute atomic E-state index is 13.5. The van der Waals surface area contributed by atoms with E-state index in [1.165, 1.54) is 0 Å². The molecule has 7 nitrogen and oxygen atoms in total. The van der Waals surface area contributed by atoms with Crippen molar-refractivity contribution in [2.75, 3.05) is 13.6 Å². The summed E-state index contributed by atoms with van der Waals surface area (Å²) in [5.74, 6) is -0.376. The van der Waals surface area contributed by atoms with Gasteiger partial charge in [-0.15, -0.1) is 0 Å². The van der Waals surface area contributed by atoms with Gasteiger partial charge in [0.15, 0.2) is 5.65 Å². The molecule has 7 heteroatoms. The quantitative estimate of drug-likeness (QED) is 0.464. The average molecular weight is 451 g/mol. The van der Waals surface area contributed by atoms with Gasteiger partial charge in [0.1, 0.15) is 5.60 Å². The van der Waals surface area contributed by atoms with E-state index in [1.807, 2.05) is 76.6 Å². The molecule has 0 aliphatic rings. The van der Waals surface area contributed by atoms with E-state index in [2.05, 4.69) is 5.10 Å². The molecule has 0 aliphatic carbocycles. The number of rotatable bonds is 7. The summed E-state index contributed by atoms with van der Waals surface area (Å²) >= 11 is 0. The number of carbonyl (C=O) groups excluding carboxylic acids is 2. The van der Waals surface area contributed by atoms with Crippen molar-refractivity contribution in [3.8, 4) is 11.3 Å². The largest absolute Gasteiger partial charge is 0.460 e. The number of aromatic nitrogens is 3. The summed E-state index contributed by atoms with van der Waals surface area (Å²) < 4.78 is 7.21. The minimum Gasteiger partial charge on any atom is -0.460 e. The average Bonchev–Trinajstić information content (AvgIpc) is 3.15. The van der Waals surface area contributed by atoms with E-state index in [9.17, 15) is 9.59 Å². The van der Waals surface area contributed by atoms with Crippen LogP contribution in [0.1, 0.15) is 69.4 Å². The molecular weight excluding hydrogens is 416 g/mol. The van der Waals surface area contributed by atoms with E-state index in [4.69, 9.17) is 9.72 Å². The van der Waals surface area contributed by atoms with E-state index in [0.717, 1.165) is 22.2 Å². The first kappa shape index (κ1) is 24.4. The molecule has 0 radical (unpaired) electrons. The van der Waals surface area contributed by atoms with Crippen molar-refractivity contribution in [2.45, 2.75) is 66.0 Å². The Bertz CT molecular complexity index is 1160. The lowest BCUT2D eigenvalue weighted by molar-refractivity contribution is -0.154. The zero-order valence-electron chi connectivity index (χ0n) is 20.7. The topological polar surface area (TPSA) is 77.3 Å². The Kier molecular flexibility index (Phi) is 7.20. The van der Waals surface area contributed by atoms with Crippen LogP contribution in [-0.2, 0) is 9.53 Å². The smallest absolute Gasteiger partial charge is 0.306 e. The van der Waals surface area contributed by atoms with Gasteiger partial charge in [0, 0.05) is 31.6 Å². The summed E-state index contributed by atoms with van der Waals surface area (Å²) in [6, 6.07) is 9.96. The summed E-state index contributed by atoms with van der Waals surface area (Å²) in [6.45, 7) is 12.1. The number of benzene rings is 1. The van der Waals surface area contributed by atoms with Crippen LogP contribution in [0.3, 0.4) is 0 Å². The minimum absolute atomic E-state index is 0.108. The van der Waals surface area contributed by atoms with Crippen LogP contribution in [0.5, 0.6) is 0 Å². The highest BCUT2D eigenvalue weighted by Gasteiger charge is 2.22. The Morgan fingerprint density at radius 3 is 2.52 bits per heavy atom. The number of aryl methyl sites for hydroxylation is 1. The molecule has 0 bridgehead atoms. The Morgan fingerprint density at radius 2 is 1.88 bits per heavy atom. The molecule has 0 saturated heterocycles. The molecule has 3 rings (SSSR count). The number of pyridine rings is 1. The van der Waals surface area contributed by atoms with Crippen LogP contribution in [0, 0.1) is 6.92 Å². The number of fused-ring (bicyclic) bond motifs is 1. The SMILES string of the molecule is Cc1ccccc1-c1cc(C(=O)N(C)CCCC(=O)OC(C)(C)C)c2cnn(C(C)C)c2n1. The highest BCUT2D eigenvalue weighted by Crippen LogP contribution is 2.28. The van der Waals surface area contributed by atoms with Gasteiger partial charge in [0.25, 0.3) is 5.91 Å². The Hall–Kier alpha value is -3.22. The van der Waals surface area contributed by atoms with Crippen molar-refractivity contribution < 1.29 is 14.3 Å². The number of carbonyl (C=O) groups is 2. The maximum Gasteiger partial charge on any atom is 0.306 e. The summed E-state index contributed by atoms with van der Waals surface area (Å²) in [5.41, 5.74) is 3.56. The second-order valence-corrected chi connectivity index (χ2v) is 9.71. The Morgan fingerprint density at radius 1 is 1.18 bits per heavy atom. The molecule has 1 amide bonds. The Labute approximate surface area is 195 Å². The molecule has 0 saturated carbocycles. The van der Waals surface area contributed by atoms with Crippen LogP contribution in [0.25, 0.3) is 22.3 Å². The van der Waals surface area contributed by atoms with Gasteiger partial charge in [0.2, 0.25) is 0 Å². The second-order valence-electron chi connectivity index (χ2n) is 9.71. The number of amides is 1. The predicted octanol–water partition coefficient (Wildman–Crippen LogP) is 5.18. The van der Waals surface area contributed by atoms with Gasteiger partial charge in [-0.25, -0.2) is 9.67 Å². The number of esters is 1. The predicted molar refractivity (Wildman–Crippen MR) is 130 cm³/mol. The molecule has 0 spiro atoms. The lowest BCUT2D eigenvalue weighted by atomic mass is 10.0. The van der Waals surface area contributed by atoms with Crippen molar-refractivity contribution in [2.24, 2.45) is 0 Å². The van der Waals surface area contributed by atoms with Gasteiger partial charge in [-0.1, -0.05) is 24.3 Å². The molecule has 1 aromatic carbocycles. The fourth-order valence-electron chi connectivity index (χ4n) is 3.73. The third kappa shape index (κ3) is 5.78. The van der Waals surface area contributed by atoms with Crippen LogP contribution >= 0.6 is 0 Å². The molecule has 0 atom stereocenters. The summed E-state index contributed by atoms with van der Waals surface area (Å²) in [7, 11) is 1.75. The molecule has 0 aliphatic heterocycles. The zero-order valence-corrected chi connectivity index (χ0v) is 20.7. The summed E-state index contributed by atoms with van der Waals surface area (Å²) in [4.78, 5) is 32.0. The van der Waals surface area contributed by atoms with E-state index >= 15 is 0 Å². The minimum atomic E-state index is -0.510. The highest BCUT2D eigenvalue weighted by molar-refractivity contribution is 6.06. The monoisotopic (exact) mass is 450 g/mol. The molecule has 0 N–H and O–H groups in total. The molecular formula is C26H34N4O3. The van der Waals surface area contributed by atoms with Gasteiger partial charge in [-0.05, 0) is 59.6 Å². The van der Waals surface area contributed by atoms with Gasteiger partial charge in [-0.2, -0.15) is 5.10 Å². The maximum atomic E-state index is 13.5. The van der Waals surface area contributed by atoms with Crippen molar-refractivity contribution in [1.29, 1.82) is 0 Å². The number of nitrogens with zero attached hydrogens (tertiary/aromatic N) is 4. The summed E-state index contributed by atoms with van der Waals surface area (Å²) in [6.07, 6.45) is 2.51. The third-order valence-corrected chi connectivity index (χ3v) is 5.35. The van der Waals surface area contributed by atoms with E-state index < -0.39 is 5.60 Å². The van der Waals surface area contributed by atoms with Crippen molar-refractivity contribution in [3.05, 3.63) is 47.7 Å². The van der Waals surface area contributed by atoms with Crippen molar-refractivity contribution >= 4 is 22.9 Å². The number of hydrogen-bond acceptors (Lipinski definition) is 5. The van der Waals surface area contributed by atoms with Crippen LogP contribution in [0.4, 0.5) is 0 Å². The van der Waals surface area contributed by atoms with Crippen molar-refractivity contribution in [1.82, 2.24) is 19.7 Å². The fourth-order valence-corrected chi connectivity index (χ4v) is 3.73. The summed E-state index contributed by atoms with van der Waals surface area (Å²) in [5, 5.41) is 5.22. The molecule has 0 unspecified atom stereocenters. The van der Waals surface area contributed by atoms with E-state index in [0.29, 0.717) is 24.2 Å². The molecule has 2 aromatic heterocycles. The van der Waals surface area contributed by atoms with E-state index in [1.54, 1.807) is 18.1 Å². The first-order valence-electron chi connectivity index (χ1n) is 11.4. The number of ether oxygens (including phenoxy) is 1. The van der Waals surface area contributed by atoms with Crippen molar-refractivity contribution in [3.63, 3.8) is 0 Å². The van der Waals surface area contributed by atoms with Gasteiger partial charge >= 0.3 is 5.97 Å². The third-order valence-electron chi connectivity index (χ3n) is 5.35. The highest BCUT2D eigenvalue weighted by atomic mass is 16.6. The van der Waals surface area contributed by atoms with Gasteiger partial charge in [0.05, 0.1) is 22.8 Å².